The van der Waals surface area contributed by atoms with Crippen LogP contribution in [-0.4, -0.2) is 30.5 Å². The molecule has 0 atom stereocenters. The van der Waals surface area contributed by atoms with E-state index in [1.165, 1.54) is 11.8 Å². The molecule has 0 aliphatic carbocycles. The molecule has 0 aliphatic heterocycles. The SMILES string of the molecule is CCc1ccc(NC(=O)COc2cccc(/C=N\NC(=O)C(=O)NCc3ccccc3)c2)cc1. The Bertz CT molecular complexity index is 1140. The van der Waals surface area contributed by atoms with Crippen molar-refractivity contribution in [3.8, 4) is 5.75 Å². The summed E-state index contributed by atoms with van der Waals surface area (Å²) in [6, 6.07) is 23.7. The van der Waals surface area contributed by atoms with Crippen LogP contribution in [0.2, 0.25) is 0 Å². The summed E-state index contributed by atoms with van der Waals surface area (Å²) in [5.74, 6) is -1.47. The number of hydrazone groups is 1. The molecule has 0 aliphatic rings. The van der Waals surface area contributed by atoms with Gasteiger partial charge in [-0.1, -0.05) is 61.5 Å². The van der Waals surface area contributed by atoms with Gasteiger partial charge in [-0.3, -0.25) is 14.4 Å². The third-order valence-corrected chi connectivity index (χ3v) is 4.76. The molecule has 0 saturated carbocycles. The number of hydrogen-bond donors (Lipinski definition) is 3. The maximum atomic E-state index is 12.1. The van der Waals surface area contributed by atoms with Gasteiger partial charge in [-0.2, -0.15) is 5.10 Å². The van der Waals surface area contributed by atoms with Gasteiger partial charge in [0, 0.05) is 12.2 Å². The first-order valence-corrected chi connectivity index (χ1v) is 10.8. The summed E-state index contributed by atoms with van der Waals surface area (Å²) in [7, 11) is 0. The van der Waals surface area contributed by atoms with Gasteiger partial charge in [0.2, 0.25) is 0 Å². The summed E-state index contributed by atoms with van der Waals surface area (Å²) in [6.07, 6.45) is 2.31. The predicted molar refractivity (Wildman–Crippen MR) is 130 cm³/mol. The number of aryl methyl sites for hydroxylation is 1. The van der Waals surface area contributed by atoms with E-state index >= 15 is 0 Å². The van der Waals surface area contributed by atoms with E-state index in [4.69, 9.17) is 4.74 Å². The second-order valence-corrected chi connectivity index (χ2v) is 7.33. The molecule has 0 radical (unpaired) electrons. The Labute approximate surface area is 198 Å². The molecule has 0 aromatic heterocycles. The van der Waals surface area contributed by atoms with Gasteiger partial charge in [-0.25, -0.2) is 5.43 Å². The van der Waals surface area contributed by atoms with Crippen LogP contribution in [0.15, 0.2) is 84.0 Å². The van der Waals surface area contributed by atoms with Gasteiger partial charge >= 0.3 is 11.8 Å². The van der Waals surface area contributed by atoms with Crippen molar-refractivity contribution in [1.29, 1.82) is 0 Å². The van der Waals surface area contributed by atoms with Crippen molar-refractivity contribution < 1.29 is 19.1 Å². The number of hydrogen-bond acceptors (Lipinski definition) is 5. The number of nitrogens with one attached hydrogen (secondary N) is 3. The van der Waals surface area contributed by atoms with E-state index in [1.807, 2.05) is 54.6 Å². The van der Waals surface area contributed by atoms with Crippen LogP contribution in [0.3, 0.4) is 0 Å². The fourth-order valence-corrected chi connectivity index (χ4v) is 2.93. The lowest BCUT2D eigenvalue weighted by molar-refractivity contribution is -0.139. The Kier molecular flexibility index (Phi) is 8.92. The second-order valence-electron chi connectivity index (χ2n) is 7.33. The summed E-state index contributed by atoms with van der Waals surface area (Å²) >= 11 is 0. The van der Waals surface area contributed by atoms with Gasteiger partial charge in [0.1, 0.15) is 5.75 Å². The number of carbonyl (C=O) groups excluding carboxylic acids is 3. The third kappa shape index (κ3) is 7.90. The zero-order chi connectivity index (χ0) is 24.2. The highest BCUT2D eigenvalue weighted by molar-refractivity contribution is 6.35. The lowest BCUT2D eigenvalue weighted by Gasteiger charge is -2.08. The Morgan fingerprint density at radius 1 is 0.882 bits per heavy atom. The number of ether oxygens (including phenoxy) is 1. The van der Waals surface area contributed by atoms with E-state index in [-0.39, 0.29) is 19.1 Å². The molecule has 0 spiro atoms. The summed E-state index contributed by atoms with van der Waals surface area (Å²) in [4.78, 5) is 35.9. The number of anilines is 1. The van der Waals surface area contributed by atoms with Crippen molar-refractivity contribution in [3.05, 3.63) is 95.6 Å². The first-order chi connectivity index (χ1) is 16.5. The van der Waals surface area contributed by atoms with E-state index in [0.29, 0.717) is 17.0 Å². The summed E-state index contributed by atoms with van der Waals surface area (Å²) in [6.45, 7) is 2.15. The fourth-order valence-electron chi connectivity index (χ4n) is 2.93. The number of carbonyl (C=O) groups is 3. The van der Waals surface area contributed by atoms with Crippen LogP contribution >= 0.6 is 0 Å². The number of benzene rings is 3. The fraction of sp³-hybridized carbons (Fsp3) is 0.154. The number of nitrogens with zero attached hydrogens (tertiary/aromatic N) is 1. The van der Waals surface area contributed by atoms with E-state index in [9.17, 15) is 14.4 Å². The van der Waals surface area contributed by atoms with Crippen LogP contribution in [-0.2, 0) is 27.3 Å². The normalized spacial score (nSPS) is 10.5. The van der Waals surface area contributed by atoms with E-state index in [1.54, 1.807) is 24.3 Å². The van der Waals surface area contributed by atoms with E-state index < -0.39 is 11.8 Å². The molecule has 0 unspecified atom stereocenters. The monoisotopic (exact) mass is 458 g/mol. The summed E-state index contributed by atoms with van der Waals surface area (Å²) in [5, 5.41) is 9.11. The second kappa shape index (κ2) is 12.5. The summed E-state index contributed by atoms with van der Waals surface area (Å²) < 4.78 is 5.54. The first kappa shape index (κ1) is 24.2. The smallest absolute Gasteiger partial charge is 0.329 e. The van der Waals surface area contributed by atoms with Crippen LogP contribution in [0.1, 0.15) is 23.6 Å². The number of amides is 3. The van der Waals surface area contributed by atoms with Crippen molar-refractivity contribution in [2.75, 3.05) is 11.9 Å². The molecule has 3 aromatic rings. The minimum Gasteiger partial charge on any atom is -0.484 e. The van der Waals surface area contributed by atoms with Gasteiger partial charge in [-0.05, 0) is 47.4 Å². The largest absolute Gasteiger partial charge is 0.484 e. The lowest BCUT2D eigenvalue weighted by atomic mass is 10.1. The Balaban J connectivity index is 1.43. The van der Waals surface area contributed by atoms with Gasteiger partial charge in [0.25, 0.3) is 5.91 Å². The average molecular weight is 459 g/mol. The third-order valence-electron chi connectivity index (χ3n) is 4.76. The molecule has 174 valence electrons. The van der Waals surface area contributed by atoms with Gasteiger partial charge < -0.3 is 15.4 Å². The maximum absolute atomic E-state index is 12.1. The van der Waals surface area contributed by atoms with Crippen LogP contribution in [0.25, 0.3) is 0 Å². The highest BCUT2D eigenvalue weighted by Crippen LogP contribution is 2.13. The predicted octanol–water partition coefficient (Wildman–Crippen LogP) is 3.03. The van der Waals surface area contributed by atoms with Gasteiger partial charge in [0.15, 0.2) is 6.61 Å². The molecule has 3 aromatic carbocycles. The highest BCUT2D eigenvalue weighted by atomic mass is 16.5. The summed E-state index contributed by atoms with van der Waals surface area (Å²) in [5.41, 5.74) is 5.59. The maximum Gasteiger partial charge on any atom is 0.329 e. The quantitative estimate of drug-likeness (QED) is 0.260. The van der Waals surface area contributed by atoms with Gasteiger partial charge in [0.05, 0.1) is 6.21 Å². The average Bonchev–Trinajstić information content (AvgIpc) is 2.87. The molecule has 0 fully saturated rings. The molecule has 3 N–H and O–H groups in total. The van der Waals surface area contributed by atoms with Crippen molar-refractivity contribution in [3.63, 3.8) is 0 Å². The molecule has 3 amide bonds. The van der Waals surface area contributed by atoms with E-state index in [2.05, 4.69) is 28.1 Å². The molecular formula is C26H26N4O4. The van der Waals surface area contributed by atoms with Crippen LogP contribution in [0.5, 0.6) is 5.75 Å². The molecule has 8 nitrogen and oxygen atoms in total. The van der Waals surface area contributed by atoms with Crippen LogP contribution in [0, 0.1) is 0 Å². The van der Waals surface area contributed by atoms with Crippen molar-refractivity contribution in [2.24, 2.45) is 5.10 Å². The van der Waals surface area contributed by atoms with Gasteiger partial charge in [-0.15, -0.1) is 0 Å². The molecule has 3 rings (SSSR count). The standard InChI is InChI=1S/C26H26N4O4/c1-2-19-11-13-22(14-12-19)29-24(31)18-34-23-10-6-9-21(15-23)17-28-30-26(33)25(32)27-16-20-7-4-3-5-8-20/h3-15,17H,2,16,18H2,1H3,(H,27,32)(H,29,31)(H,30,33)/b28-17-. The minimum absolute atomic E-state index is 0.158. The highest BCUT2D eigenvalue weighted by Gasteiger charge is 2.11. The van der Waals surface area contributed by atoms with Crippen molar-refractivity contribution in [2.45, 2.75) is 19.9 Å². The Morgan fingerprint density at radius 3 is 2.38 bits per heavy atom. The molecule has 0 bridgehead atoms. The first-order valence-electron chi connectivity index (χ1n) is 10.8. The molecule has 0 saturated heterocycles. The molecule has 34 heavy (non-hydrogen) atoms. The Hall–Kier alpha value is -4.46. The zero-order valence-corrected chi connectivity index (χ0v) is 18.8. The topological polar surface area (TPSA) is 109 Å². The lowest BCUT2D eigenvalue weighted by Crippen LogP contribution is -2.37. The zero-order valence-electron chi connectivity index (χ0n) is 18.8. The molecular weight excluding hydrogens is 432 g/mol. The molecule has 8 heteroatoms. The minimum atomic E-state index is -0.872. The van der Waals surface area contributed by atoms with Crippen molar-refractivity contribution in [1.82, 2.24) is 10.7 Å². The van der Waals surface area contributed by atoms with E-state index in [0.717, 1.165) is 12.0 Å². The van der Waals surface area contributed by atoms with Crippen molar-refractivity contribution >= 4 is 29.6 Å². The Morgan fingerprint density at radius 2 is 1.65 bits per heavy atom. The van der Waals surface area contributed by atoms with Crippen LogP contribution < -0.4 is 20.8 Å². The number of rotatable bonds is 9. The molecule has 0 heterocycles. The van der Waals surface area contributed by atoms with Crippen LogP contribution in [0.4, 0.5) is 5.69 Å².